The highest BCUT2D eigenvalue weighted by Crippen LogP contribution is 2.34. The minimum atomic E-state index is -0.568. The molecule has 0 unspecified atom stereocenters. The van der Waals surface area contributed by atoms with Crippen molar-refractivity contribution in [2.75, 3.05) is 7.11 Å². The summed E-state index contributed by atoms with van der Waals surface area (Å²) in [4.78, 5) is 23.3. The maximum atomic E-state index is 12.0. The van der Waals surface area contributed by atoms with Gasteiger partial charge in [-0.05, 0) is 24.1 Å². The van der Waals surface area contributed by atoms with E-state index in [1.165, 1.54) is 20.3 Å². The third-order valence-corrected chi connectivity index (χ3v) is 2.79. The van der Waals surface area contributed by atoms with Crippen LogP contribution in [0.4, 0.5) is 0 Å². The number of rotatable bonds is 4. The molecule has 0 amide bonds. The van der Waals surface area contributed by atoms with Gasteiger partial charge in [0.15, 0.2) is 5.75 Å². The summed E-state index contributed by atoms with van der Waals surface area (Å²) in [5, 5.41) is 0.549. The Bertz CT molecular complexity index is 681. The number of esters is 2. The van der Waals surface area contributed by atoms with Gasteiger partial charge in [0.2, 0.25) is 0 Å². The average Bonchev–Trinajstić information content (AvgIpc) is 2.86. The van der Waals surface area contributed by atoms with E-state index in [4.69, 9.17) is 13.9 Å². The van der Waals surface area contributed by atoms with Crippen LogP contribution in [0.2, 0.25) is 0 Å². The van der Waals surface area contributed by atoms with Crippen molar-refractivity contribution >= 4 is 22.9 Å². The lowest BCUT2D eigenvalue weighted by Crippen LogP contribution is -2.12. The minimum Gasteiger partial charge on any atom is -0.465 e. The van der Waals surface area contributed by atoms with Crippen molar-refractivity contribution in [3.8, 4) is 5.75 Å². The van der Waals surface area contributed by atoms with Gasteiger partial charge in [0.25, 0.3) is 0 Å². The molecule has 0 N–H and O–H groups in total. The average molecular weight is 274 g/mol. The molecule has 0 aliphatic heterocycles. The van der Waals surface area contributed by atoms with Gasteiger partial charge in [-0.15, -0.1) is 6.58 Å². The van der Waals surface area contributed by atoms with Crippen molar-refractivity contribution in [1.29, 1.82) is 0 Å². The number of hydrogen-bond acceptors (Lipinski definition) is 5. The molecule has 20 heavy (non-hydrogen) atoms. The van der Waals surface area contributed by atoms with Crippen LogP contribution in [0.5, 0.6) is 5.75 Å². The highest BCUT2D eigenvalue weighted by Gasteiger charge is 2.23. The van der Waals surface area contributed by atoms with Crippen LogP contribution >= 0.6 is 0 Å². The summed E-state index contributed by atoms with van der Waals surface area (Å²) in [6.07, 6.45) is 3.54. The number of allylic oxidation sites excluding steroid dienone is 1. The Morgan fingerprint density at radius 3 is 2.80 bits per heavy atom. The zero-order valence-electron chi connectivity index (χ0n) is 11.3. The Morgan fingerprint density at radius 2 is 2.20 bits per heavy atom. The lowest BCUT2D eigenvalue weighted by molar-refractivity contribution is -0.131. The number of fused-ring (bicyclic) bond motifs is 1. The molecule has 0 spiro atoms. The van der Waals surface area contributed by atoms with E-state index in [2.05, 4.69) is 6.58 Å². The van der Waals surface area contributed by atoms with Crippen LogP contribution < -0.4 is 4.74 Å². The van der Waals surface area contributed by atoms with E-state index in [-0.39, 0.29) is 11.3 Å². The molecule has 1 heterocycles. The van der Waals surface area contributed by atoms with Gasteiger partial charge in [0.1, 0.15) is 11.1 Å². The molecule has 0 bridgehead atoms. The quantitative estimate of drug-likeness (QED) is 0.487. The Hall–Kier alpha value is -2.56. The zero-order valence-corrected chi connectivity index (χ0v) is 11.3. The molecule has 0 aliphatic carbocycles. The predicted molar refractivity (Wildman–Crippen MR) is 72.8 cm³/mol. The van der Waals surface area contributed by atoms with Gasteiger partial charge in [-0.3, -0.25) is 4.79 Å². The van der Waals surface area contributed by atoms with Crippen molar-refractivity contribution in [3.63, 3.8) is 0 Å². The molecule has 1 aromatic carbocycles. The highest BCUT2D eigenvalue weighted by atomic mass is 16.5. The lowest BCUT2D eigenvalue weighted by Gasteiger charge is -2.12. The predicted octanol–water partition coefficient (Wildman–Crippen LogP) is 2.87. The molecule has 0 aliphatic rings. The molecule has 2 aromatic rings. The molecule has 5 nitrogen and oxygen atoms in total. The Morgan fingerprint density at radius 1 is 1.45 bits per heavy atom. The number of methoxy groups -OCH3 is 1. The van der Waals surface area contributed by atoms with Crippen LogP contribution in [0.25, 0.3) is 11.0 Å². The number of ether oxygens (including phenoxy) is 2. The Kier molecular flexibility index (Phi) is 3.89. The lowest BCUT2D eigenvalue weighted by atomic mass is 10.0. The second-order valence-electron chi connectivity index (χ2n) is 4.15. The van der Waals surface area contributed by atoms with Gasteiger partial charge in [0, 0.05) is 6.92 Å². The van der Waals surface area contributed by atoms with E-state index >= 15 is 0 Å². The topological polar surface area (TPSA) is 65.7 Å². The molecular weight excluding hydrogens is 260 g/mol. The van der Waals surface area contributed by atoms with E-state index < -0.39 is 11.9 Å². The molecular formula is C15H14O5. The fourth-order valence-electron chi connectivity index (χ4n) is 2.02. The van der Waals surface area contributed by atoms with Crippen molar-refractivity contribution in [2.45, 2.75) is 13.3 Å². The van der Waals surface area contributed by atoms with E-state index in [0.29, 0.717) is 23.0 Å². The second kappa shape index (κ2) is 5.61. The van der Waals surface area contributed by atoms with Crippen molar-refractivity contribution in [1.82, 2.24) is 0 Å². The molecule has 0 atom stereocenters. The maximum absolute atomic E-state index is 12.0. The normalized spacial score (nSPS) is 10.3. The van der Waals surface area contributed by atoms with Gasteiger partial charge >= 0.3 is 11.9 Å². The van der Waals surface area contributed by atoms with Crippen LogP contribution in [0.3, 0.4) is 0 Å². The van der Waals surface area contributed by atoms with Crippen LogP contribution in [0, 0.1) is 0 Å². The summed E-state index contributed by atoms with van der Waals surface area (Å²) in [5.74, 6) is -0.929. The van der Waals surface area contributed by atoms with Crippen molar-refractivity contribution in [3.05, 3.63) is 42.2 Å². The molecule has 5 heteroatoms. The fourth-order valence-corrected chi connectivity index (χ4v) is 2.02. The third kappa shape index (κ3) is 2.42. The van der Waals surface area contributed by atoms with Gasteiger partial charge in [-0.1, -0.05) is 6.08 Å². The number of benzene rings is 1. The van der Waals surface area contributed by atoms with Gasteiger partial charge < -0.3 is 13.9 Å². The molecule has 0 fully saturated rings. The third-order valence-electron chi connectivity index (χ3n) is 2.79. The summed E-state index contributed by atoms with van der Waals surface area (Å²) in [5.41, 5.74) is 1.38. The smallest absolute Gasteiger partial charge is 0.341 e. The van der Waals surface area contributed by atoms with Crippen molar-refractivity contribution in [2.24, 2.45) is 0 Å². The monoisotopic (exact) mass is 274 g/mol. The fraction of sp³-hybridized carbons (Fsp3) is 0.200. The first-order chi connectivity index (χ1) is 9.58. The molecule has 1 aromatic heterocycles. The van der Waals surface area contributed by atoms with Gasteiger partial charge in [-0.2, -0.15) is 0 Å². The van der Waals surface area contributed by atoms with E-state index in [0.717, 1.165) is 0 Å². The summed E-state index contributed by atoms with van der Waals surface area (Å²) in [7, 11) is 1.27. The van der Waals surface area contributed by atoms with Crippen LogP contribution in [-0.2, 0) is 16.0 Å². The number of carbonyl (C=O) groups is 2. The van der Waals surface area contributed by atoms with Gasteiger partial charge in [-0.25, -0.2) is 4.79 Å². The number of carbonyl (C=O) groups excluding carboxylic acids is 2. The Balaban J connectivity index is 2.78. The summed E-state index contributed by atoms with van der Waals surface area (Å²) >= 11 is 0. The molecule has 2 rings (SSSR count). The summed E-state index contributed by atoms with van der Waals surface area (Å²) in [6.45, 7) is 4.92. The maximum Gasteiger partial charge on any atom is 0.341 e. The first-order valence-corrected chi connectivity index (χ1v) is 5.99. The highest BCUT2D eigenvalue weighted by molar-refractivity contribution is 6.02. The largest absolute Gasteiger partial charge is 0.465 e. The first kappa shape index (κ1) is 13.9. The van der Waals surface area contributed by atoms with E-state index in [1.54, 1.807) is 18.2 Å². The first-order valence-electron chi connectivity index (χ1n) is 5.99. The molecule has 0 radical (unpaired) electrons. The molecule has 0 saturated heterocycles. The van der Waals surface area contributed by atoms with Crippen LogP contribution in [-0.4, -0.2) is 19.0 Å². The minimum absolute atomic E-state index is 0.160. The number of hydrogen-bond donors (Lipinski definition) is 0. The van der Waals surface area contributed by atoms with Crippen molar-refractivity contribution < 1.29 is 23.5 Å². The standard InChI is InChI=1S/C15H14O5/c1-4-5-10-8-12-11(6-7-19-12)14(20-9(2)16)13(10)15(17)18-3/h4,6-8H,1,5H2,2-3H3. The summed E-state index contributed by atoms with van der Waals surface area (Å²) in [6, 6.07) is 3.36. The molecule has 0 saturated carbocycles. The van der Waals surface area contributed by atoms with Crippen LogP contribution in [0.1, 0.15) is 22.8 Å². The van der Waals surface area contributed by atoms with E-state index in [9.17, 15) is 9.59 Å². The number of furan rings is 1. The van der Waals surface area contributed by atoms with E-state index in [1.807, 2.05) is 0 Å². The van der Waals surface area contributed by atoms with Crippen LogP contribution in [0.15, 0.2) is 35.5 Å². The molecule has 104 valence electrons. The SMILES string of the molecule is C=CCc1cc2occc2c(OC(C)=O)c1C(=O)OC. The summed E-state index contributed by atoms with van der Waals surface area (Å²) < 4.78 is 15.3. The Labute approximate surface area is 115 Å². The zero-order chi connectivity index (χ0) is 14.7. The second-order valence-corrected chi connectivity index (χ2v) is 4.15. The van der Waals surface area contributed by atoms with Gasteiger partial charge in [0.05, 0.1) is 18.8 Å².